The van der Waals surface area contributed by atoms with Crippen LogP contribution in [0.3, 0.4) is 0 Å². The summed E-state index contributed by atoms with van der Waals surface area (Å²) in [5.74, 6) is 0.440. The molecule has 0 N–H and O–H groups in total. The third-order valence-electron chi connectivity index (χ3n) is 4.05. The molecule has 0 saturated carbocycles. The van der Waals surface area contributed by atoms with Gasteiger partial charge in [0, 0.05) is 24.8 Å². The first kappa shape index (κ1) is 18.4. The predicted molar refractivity (Wildman–Crippen MR) is 105 cm³/mol. The standard InChI is InChI=1S/C21H25ClN2/c1-3-14-23-21(15-22)18(2)24(16-19-10-6-4-7-11-19)17-20-12-8-5-9-13-20/h3-13,18H,1,14-17H2,2H3/t18-/m0/s1. The fourth-order valence-electron chi connectivity index (χ4n) is 2.64. The first-order valence-corrected chi connectivity index (χ1v) is 8.80. The van der Waals surface area contributed by atoms with Crippen molar-refractivity contribution in [3.05, 3.63) is 84.4 Å². The van der Waals surface area contributed by atoms with Gasteiger partial charge in [-0.2, -0.15) is 0 Å². The maximum atomic E-state index is 6.16. The fraction of sp³-hybridized carbons (Fsp3) is 0.286. The number of nitrogens with zero attached hydrogens (tertiary/aromatic N) is 2. The summed E-state index contributed by atoms with van der Waals surface area (Å²) < 4.78 is 0. The maximum Gasteiger partial charge on any atom is 0.0619 e. The van der Waals surface area contributed by atoms with Gasteiger partial charge >= 0.3 is 0 Å². The van der Waals surface area contributed by atoms with E-state index < -0.39 is 0 Å². The fourth-order valence-corrected chi connectivity index (χ4v) is 2.95. The topological polar surface area (TPSA) is 15.6 Å². The Bertz CT molecular complexity index is 596. The number of halogens is 1. The summed E-state index contributed by atoms with van der Waals surface area (Å²) in [5.41, 5.74) is 3.58. The van der Waals surface area contributed by atoms with Gasteiger partial charge in [-0.25, -0.2) is 0 Å². The smallest absolute Gasteiger partial charge is 0.0619 e. The van der Waals surface area contributed by atoms with Gasteiger partial charge in [-0.05, 0) is 18.1 Å². The van der Waals surface area contributed by atoms with Crippen LogP contribution in [0.2, 0.25) is 0 Å². The normalized spacial score (nSPS) is 13.0. The average molecular weight is 341 g/mol. The van der Waals surface area contributed by atoms with Crippen molar-refractivity contribution in [2.45, 2.75) is 26.1 Å². The molecule has 24 heavy (non-hydrogen) atoms. The van der Waals surface area contributed by atoms with Gasteiger partial charge in [-0.3, -0.25) is 9.89 Å². The van der Waals surface area contributed by atoms with Gasteiger partial charge in [0.25, 0.3) is 0 Å². The van der Waals surface area contributed by atoms with E-state index in [-0.39, 0.29) is 6.04 Å². The van der Waals surface area contributed by atoms with Crippen molar-refractivity contribution in [1.82, 2.24) is 4.90 Å². The lowest BCUT2D eigenvalue weighted by atomic mass is 10.1. The Morgan fingerprint density at radius 1 is 1.04 bits per heavy atom. The number of benzene rings is 2. The molecule has 0 aliphatic carbocycles. The molecule has 0 spiro atoms. The zero-order valence-electron chi connectivity index (χ0n) is 14.2. The number of alkyl halides is 1. The molecule has 0 bridgehead atoms. The maximum absolute atomic E-state index is 6.16. The molecular weight excluding hydrogens is 316 g/mol. The predicted octanol–water partition coefficient (Wildman–Crippen LogP) is 4.94. The van der Waals surface area contributed by atoms with E-state index in [2.05, 4.69) is 71.9 Å². The second-order valence-corrected chi connectivity index (χ2v) is 6.07. The van der Waals surface area contributed by atoms with Crippen molar-refractivity contribution < 1.29 is 0 Å². The second kappa shape index (κ2) is 10.1. The first-order valence-electron chi connectivity index (χ1n) is 8.26. The van der Waals surface area contributed by atoms with Crippen LogP contribution in [0.4, 0.5) is 0 Å². The molecule has 0 amide bonds. The summed E-state index contributed by atoms with van der Waals surface area (Å²) in [4.78, 5) is 7.00. The quantitative estimate of drug-likeness (QED) is 0.358. The summed E-state index contributed by atoms with van der Waals surface area (Å²) in [5, 5.41) is 0. The van der Waals surface area contributed by atoms with Crippen molar-refractivity contribution in [3.8, 4) is 0 Å². The molecule has 2 nitrogen and oxygen atoms in total. The highest BCUT2D eigenvalue weighted by molar-refractivity contribution is 6.29. The molecule has 1 atom stereocenters. The summed E-state index contributed by atoms with van der Waals surface area (Å²) in [6, 6.07) is 21.2. The highest BCUT2D eigenvalue weighted by atomic mass is 35.5. The number of aliphatic imine (C=N–C) groups is 1. The SMILES string of the molecule is C=CCN=C(CCl)[C@H](C)N(Cc1ccccc1)Cc1ccccc1. The Labute approximate surface area is 150 Å². The van der Waals surface area contributed by atoms with Crippen LogP contribution >= 0.6 is 11.6 Å². The van der Waals surface area contributed by atoms with E-state index >= 15 is 0 Å². The first-order chi connectivity index (χ1) is 11.7. The number of hydrogen-bond donors (Lipinski definition) is 0. The van der Waals surface area contributed by atoms with Crippen LogP contribution in [-0.4, -0.2) is 29.1 Å². The van der Waals surface area contributed by atoms with Crippen LogP contribution in [0.25, 0.3) is 0 Å². The molecule has 0 saturated heterocycles. The second-order valence-electron chi connectivity index (χ2n) is 5.81. The Morgan fingerprint density at radius 3 is 1.96 bits per heavy atom. The highest BCUT2D eigenvalue weighted by Gasteiger charge is 2.19. The van der Waals surface area contributed by atoms with Crippen molar-refractivity contribution in [2.75, 3.05) is 12.4 Å². The molecule has 0 heterocycles. The highest BCUT2D eigenvalue weighted by Crippen LogP contribution is 2.15. The minimum absolute atomic E-state index is 0.169. The van der Waals surface area contributed by atoms with Gasteiger partial charge in [0.15, 0.2) is 0 Å². The van der Waals surface area contributed by atoms with Crippen LogP contribution in [0.5, 0.6) is 0 Å². The van der Waals surface area contributed by atoms with Crippen LogP contribution in [0.15, 0.2) is 78.3 Å². The lowest BCUT2D eigenvalue weighted by Crippen LogP contribution is -2.39. The van der Waals surface area contributed by atoms with Crippen LogP contribution < -0.4 is 0 Å². The molecule has 0 aromatic heterocycles. The molecule has 0 fully saturated rings. The van der Waals surface area contributed by atoms with Gasteiger partial charge in [-0.1, -0.05) is 66.7 Å². The zero-order chi connectivity index (χ0) is 17.2. The van der Waals surface area contributed by atoms with E-state index in [1.165, 1.54) is 11.1 Å². The Morgan fingerprint density at radius 2 is 1.54 bits per heavy atom. The summed E-state index contributed by atoms with van der Waals surface area (Å²) in [6.45, 7) is 8.25. The molecule has 126 valence electrons. The van der Waals surface area contributed by atoms with E-state index in [0.717, 1.165) is 18.8 Å². The molecule has 2 aromatic carbocycles. The summed E-state index contributed by atoms with van der Waals surface area (Å²) in [6.07, 6.45) is 1.80. The molecule has 2 aromatic rings. The Balaban J connectivity index is 2.22. The number of rotatable bonds is 9. The third-order valence-corrected chi connectivity index (χ3v) is 4.32. The minimum Gasteiger partial charge on any atom is -0.287 e. The summed E-state index contributed by atoms with van der Waals surface area (Å²) in [7, 11) is 0. The van der Waals surface area contributed by atoms with E-state index in [4.69, 9.17) is 11.6 Å². The Hall–Kier alpha value is -1.90. The van der Waals surface area contributed by atoms with Gasteiger partial charge in [-0.15, -0.1) is 18.2 Å². The van der Waals surface area contributed by atoms with Gasteiger partial charge in [0.05, 0.1) is 12.4 Å². The van der Waals surface area contributed by atoms with Gasteiger partial charge < -0.3 is 0 Å². The zero-order valence-corrected chi connectivity index (χ0v) is 15.0. The molecule has 3 heteroatoms. The molecule has 0 aliphatic heterocycles. The van der Waals surface area contributed by atoms with Crippen LogP contribution in [-0.2, 0) is 13.1 Å². The van der Waals surface area contributed by atoms with E-state index in [1.807, 2.05) is 12.1 Å². The third kappa shape index (κ3) is 5.63. The Kier molecular flexibility index (Phi) is 7.73. The van der Waals surface area contributed by atoms with Gasteiger partial charge in [0.2, 0.25) is 0 Å². The van der Waals surface area contributed by atoms with E-state index in [9.17, 15) is 0 Å². The largest absolute Gasteiger partial charge is 0.287 e. The average Bonchev–Trinajstić information content (AvgIpc) is 2.63. The van der Waals surface area contributed by atoms with E-state index in [1.54, 1.807) is 6.08 Å². The monoisotopic (exact) mass is 340 g/mol. The van der Waals surface area contributed by atoms with Crippen LogP contribution in [0.1, 0.15) is 18.1 Å². The molecule has 2 rings (SSSR count). The van der Waals surface area contributed by atoms with E-state index in [0.29, 0.717) is 12.4 Å². The van der Waals surface area contributed by atoms with Crippen molar-refractivity contribution in [1.29, 1.82) is 0 Å². The van der Waals surface area contributed by atoms with Gasteiger partial charge in [0.1, 0.15) is 0 Å². The summed E-state index contributed by atoms with van der Waals surface area (Å²) >= 11 is 6.16. The lowest BCUT2D eigenvalue weighted by Gasteiger charge is -2.30. The van der Waals surface area contributed by atoms with Crippen LogP contribution in [0, 0.1) is 0 Å². The molecule has 0 unspecified atom stereocenters. The van der Waals surface area contributed by atoms with Crippen molar-refractivity contribution >= 4 is 17.3 Å². The number of hydrogen-bond acceptors (Lipinski definition) is 2. The molecule has 0 radical (unpaired) electrons. The lowest BCUT2D eigenvalue weighted by molar-refractivity contribution is 0.234. The van der Waals surface area contributed by atoms with Crippen molar-refractivity contribution in [3.63, 3.8) is 0 Å². The van der Waals surface area contributed by atoms with Crippen molar-refractivity contribution in [2.24, 2.45) is 4.99 Å². The minimum atomic E-state index is 0.169. The molecule has 0 aliphatic rings. The molecular formula is C21H25ClN2.